The fourth-order valence-corrected chi connectivity index (χ4v) is 1.46. The Bertz CT molecular complexity index is 276. The summed E-state index contributed by atoms with van der Waals surface area (Å²) < 4.78 is 12.6. The van der Waals surface area contributed by atoms with Gasteiger partial charge in [0.15, 0.2) is 0 Å². The van der Waals surface area contributed by atoms with Gasteiger partial charge in [-0.1, -0.05) is 0 Å². The molecule has 0 N–H and O–H groups in total. The maximum absolute atomic E-state index is 10.8. The number of hydrogen-bond donors (Lipinski definition) is 0. The molecule has 0 fully saturated rings. The van der Waals surface area contributed by atoms with Crippen LogP contribution in [0.15, 0.2) is 6.33 Å². The summed E-state index contributed by atoms with van der Waals surface area (Å²) in [4.78, 5) is 0. The second-order valence-electron chi connectivity index (χ2n) is 2.35. The van der Waals surface area contributed by atoms with E-state index in [1.807, 2.05) is 4.57 Å². The molecule has 0 saturated heterocycles. The van der Waals surface area contributed by atoms with Crippen LogP contribution in [0.5, 0.6) is 0 Å². The van der Waals surface area contributed by atoms with E-state index in [9.17, 15) is 4.21 Å². The lowest BCUT2D eigenvalue weighted by atomic mass is 10.6. The minimum Gasteiger partial charge on any atom is -0.316 e. The topological polar surface area (TPSA) is 47.8 Å². The number of aryl methyl sites for hydroxylation is 1. The first-order valence-electron chi connectivity index (χ1n) is 3.46. The summed E-state index contributed by atoms with van der Waals surface area (Å²) in [7, 11) is -0.780. The van der Waals surface area contributed by atoms with Crippen LogP contribution in [0, 0.1) is 0 Å². The molecule has 0 aliphatic rings. The molecule has 4 nitrogen and oxygen atoms in total. The third kappa shape index (κ3) is 2.57. The van der Waals surface area contributed by atoms with Gasteiger partial charge in [-0.3, -0.25) is 4.21 Å². The van der Waals surface area contributed by atoms with Gasteiger partial charge in [-0.05, 0) is 0 Å². The van der Waals surface area contributed by atoms with E-state index in [4.69, 9.17) is 11.6 Å². The van der Waals surface area contributed by atoms with E-state index in [0.717, 1.165) is 5.82 Å². The van der Waals surface area contributed by atoms with E-state index < -0.39 is 10.8 Å². The van der Waals surface area contributed by atoms with Crippen LogP contribution in [0.4, 0.5) is 0 Å². The molecule has 0 aliphatic carbocycles. The number of rotatable bonds is 4. The van der Waals surface area contributed by atoms with Crippen LogP contribution in [-0.2, 0) is 23.2 Å². The highest BCUT2D eigenvalue weighted by atomic mass is 35.5. The van der Waals surface area contributed by atoms with Crippen LogP contribution >= 0.6 is 11.6 Å². The first kappa shape index (κ1) is 9.67. The van der Waals surface area contributed by atoms with Gasteiger partial charge in [0.1, 0.15) is 12.2 Å². The summed E-state index contributed by atoms with van der Waals surface area (Å²) in [6, 6.07) is 0. The fraction of sp³-hybridized carbons (Fsp3) is 0.667. The summed E-state index contributed by atoms with van der Waals surface area (Å²) >= 11 is 5.59. The second-order valence-corrected chi connectivity index (χ2v) is 4.17. The third-order valence-electron chi connectivity index (χ3n) is 1.43. The minimum absolute atomic E-state index is 0.344. The highest BCUT2D eigenvalue weighted by Gasteiger charge is 2.01. The van der Waals surface area contributed by atoms with E-state index in [0.29, 0.717) is 18.2 Å². The normalized spacial score (nSPS) is 13.2. The van der Waals surface area contributed by atoms with Gasteiger partial charge < -0.3 is 4.57 Å². The predicted molar refractivity (Wildman–Crippen MR) is 48.5 cm³/mol. The van der Waals surface area contributed by atoms with Crippen molar-refractivity contribution in [1.29, 1.82) is 0 Å². The zero-order valence-corrected chi connectivity index (χ0v) is 8.31. The van der Waals surface area contributed by atoms with Crippen molar-refractivity contribution in [3.05, 3.63) is 12.2 Å². The quantitative estimate of drug-likeness (QED) is 0.672. The Hall–Kier alpha value is -0.420. The molecule has 68 valence electrons. The third-order valence-corrected chi connectivity index (χ3v) is 2.43. The molecule has 1 unspecified atom stereocenters. The van der Waals surface area contributed by atoms with Crippen LogP contribution in [0.1, 0.15) is 5.82 Å². The molecule has 1 rings (SSSR count). The lowest BCUT2D eigenvalue weighted by Crippen LogP contribution is -2.08. The molecule has 12 heavy (non-hydrogen) atoms. The zero-order chi connectivity index (χ0) is 8.97. The molecule has 1 aromatic heterocycles. The Kier molecular flexibility index (Phi) is 3.68. The standard InChI is InChI=1S/C6H10ClN3OS/c1-12(11)3-2-10-5-8-9-6(10)4-7/h5H,2-4H2,1H3. The lowest BCUT2D eigenvalue weighted by molar-refractivity contribution is 0.672. The van der Waals surface area contributed by atoms with Crippen molar-refractivity contribution < 1.29 is 4.21 Å². The number of aromatic nitrogens is 3. The van der Waals surface area contributed by atoms with E-state index in [-0.39, 0.29) is 0 Å². The van der Waals surface area contributed by atoms with E-state index in [1.165, 1.54) is 0 Å². The molecule has 0 radical (unpaired) electrons. The fourth-order valence-electron chi connectivity index (χ4n) is 0.796. The van der Waals surface area contributed by atoms with E-state index in [1.54, 1.807) is 12.6 Å². The molecule has 1 heterocycles. The first-order valence-corrected chi connectivity index (χ1v) is 5.73. The SMILES string of the molecule is CS(=O)CCn1cnnc1CCl. The van der Waals surface area contributed by atoms with Gasteiger partial charge in [0, 0.05) is 29.4 Å². The van der Waals surface area contributed by atoms with Crippen LogP contribution < -0.4 is 0 Å². The number of hydrogen-bond acceptors (Lipinski definition) is 3. The van der Waals surface area contributed by atoms with Crippen molar-refractivity contribution in [2.24, 2.45) is 0 Å². The molecule has 0 spiro atoms. The van der Waals surface area contributed by atoms with Crippen molar-refractivity contribution in [2.75, 3.05) is 12.0 Å². The average Bonchev–Trinajstić information content (AvgIpc) is 2.47. The van der Waals surface area contributed by atoms with Gasteiger partial charge in [-0.2, -0.15) is 0 Å². The minimum atomic E-state index is -0.780. The summed E-state index contributed by atoms with van der Waals surface area (Å²) in [5.41, 5.74) is 0. The van der Waals surface area contributed by atoms with Crippen molar-refractivity contribution in [3.8, 4) is 0 Å². The first-order chi connectivity index (χ1) is 5.74. The highest BCUT2D eigenvalue weighted by Crippen LogP contribution is 1.99. The Labute approximate surface area is 78.4 Å². The van der Waals surface area contributed by atoms with Gasteiger partial charge in [-0.25, -0.2) is 0 Å². The Balaban J connectivity index is 2.56. The second kappa shape index (κ2) is 4.57. The summed E-state index contributed by atoms with van der Waals surface area (Å²) in [5.74, 6) is 1.68. The van der Waals surface area contributed by atoms with Gasteiger partial charge in [0.05, 0.1) is 5.88 Å². The molecule has 0 aromatic carbocycles. The molecular formula is C6H10ClN3OS. The summed E-state index contributed by atoms with van der Waals surface area (Å²) in [5, 5.41) is 7.50. The molecule has 0 bridgehead atoms. The van der Waals surface area contributed by atoms with Crippen LogP contribution in [0.2, 0.25) is 0 Å². The largest absolute Gasteiger partial charge is 0.316 e. The zero-order valence-electron chi connectivity index (χ0n) is 6.73. The number of halogens is 1. The highest BCUT2D eigenvalue weighted by molar-refractivity contribution is 7.84. The molecule has 1 atom stereocenters. The summed E-state index contributed by atoms with van der Waals surface area (Å²) in [6.07, 6.45) is 3.27. The maximum Gasteiger partial charge on any atom is 0.147 e. The van der Waals surface area contributed by atoms with Crippen LogP contribution in [0.25, 0.3) is 0 Å². The number of nitrogens with zero attached hydrogens (tertiary/aromatic N) is 3. The molecule has 0 aliphatic heterocycles. The Morgan fingerprint density at radius 1 is 1.75 bits per heavy atom. The predicted octanol–water partition coefficient (Wildman–Crippen LogP) is 0.395. The van der Waals surface area contributed by atoms with Gasteiger partial charge in [0.25, 0.3) is 0 Å². The van der Waals surface area contributed by atoms with Crippen molar-refractivity contribution >= 4 is 22.4 Å². The van der Waals surface area contributed by atoms with Crippen molar-refractivity contribution in [3.63, 3.8) is 0 Å². The Morgan fingerprint density at radius 2 is 2.50 bits per heavy atom. The molecule has 6 heteroatoms. The maximum atomic E-state index is 10.8. The van der Waals surface area contributed by atoms with Gasteiger partial charge in [-0.15, -0.1) is 21.8 Å². The molecule has 1 aromatic rings. The Morgan fingerprint density at radius 3 is 3.08 bits per heavy atom. The molecular weight excluding hydrogens is 198 g/mol. The monoisotopic (exact) mass is 207 g/mol. The number of alkyl halides is 1. The average molecular weight is 208 g/mol. The van der Waals surface area contributed by atoms with Gasteiger partial charge >= 0.3 is 0 Å². The van der Waals surface area contributed by atoms with Gasteiger partial charge in [0.2, 0.25) is 0 Å². The van der Waals surface area contributed by atoms with Crippen LogP contribution in [0.3, 0.4) is 0 Å². The lowest BCUT2D eigenvalue weighted by Gasteiger charge is -2.01. The molecule has 0 amide bonds. The van der Waals surface area contributed by atoms with Crippen LogP contribution in [-0.4, -0.2) is 31.0 Å². The molecule has 0 saturated carbocycles. The summed E-state index contributed by atoms with van der Waals surface area (Å²) in [6.45, 7) is 0.665. The van der Waals surface area contributed by atoms with Crippen molar-refractivity contribution in [1.82, 2.24) is 14.8 Å². The van der Waals surface area contributed by atoms with E-state index in [2.05, 4.69) is 10.2 Å². The van der Waals surface area contributed by atoms with Crippen molar-refractivity contribution in [2.45, 2.75) is 12.4 Å². The van der Waals surface area contributed by atoms with E-state index >= 15 is 0 Å². The smallest absolute Gasteiger partial charge is 0.147 e.